The molecule has 0 saturated heterocycles. The summed E-state index contributed by atoms with van der Waals surface area (Å²) in [6, 6.07) is 12.2. The Hall–Kier alpha value is -3.28. The van der Waals surface area contributed by atoms with Crippen LogP contribution in [0.3, 0.4) is 0 Å². The van der Waals surface area contributed by atoms with Gasteiger partial charge in [0, 0.05) is 18.0 Å². The summed E-state index contributed by atoms with van der Waals surface area (Å²) in [6.07, 6.45) is 0.608. The van der Waals surface area contributed by atoms with E-state index in [1.54, 1.807) is 20.1 Å². The third-order valence-electron chi connectivity index (χ3n) is 4.48. The van der Waals surface area contributed by atoms with Gasteiger partial charge in [0.25, 0.3) is 0 Å². The zero-order chi connectivity index (χ0) is 19.4. The van der Waals surface area contributed by atoms with Gasteiger partial charge < -0.3 is 19.6 Å². The molecule has 0 aliphatic rings. The maximum absolute atomic E-state index is 12.3. The summed E-state index contributed by atoms with van der Waals surface area (Å²) in [7, 11) is 1.61. The van der Waals surface area contributed by atoms with Crippen LogP contribution in [0.5, 0.6) is 11.5 Å². The van der Waals surface area contributed by atoms with E-state index in [9.17, 15) is 14.7 Å². The van der Waals surface area contributed by atoms with E-state index in [1.165, 1.54) is 12.1 Å². The predicted molar refractivity (Wildman–Crippen MR) is 102 cm³/mol. The van der Waals surface area contributed by atoms with Gasteiger partial charge in [0.2, 0.25) is 5.91 Å². The van der Waals surface area contributed by atoms with Crippen LogP contribution in [0.2, 0.25) is 0 Å². The molecule has 0 radical (unpaired) electrons. The van der Waals surface area contributed by atoms with Crippen molar-refractivity contribution >= 4 is 16.9 Å². The minimum absolute atomic E-state index is 0.0214. The SMILES string of the molecule is COc1cccc(CCNC(=O)Cc2c(C)c3ccc(O)cc3oc2=O)c1. The summed E-state index contributed by atoms with van der Waals surface area (Å²) in [5, 5.41) is 13.0. The van der Waals surface area contributed by atoms with E-state index >= 15 is 0 Å². The lowest BCUT2D eigenvalue weighted by atomic mass is 10.0. The Morgan fingerprint density at radius 1 is 1.22 bits per heavy atom. The van der Waals surface area contributed by atoms with E-state index in [4.69, 9.17) is 9.15 Å². The minimum Gasteiger partial charge on any atom is -0.508 e. The van der Waals surface area contributed by atoms with Crippen LogP contribution >= 0.6 is 0 Å². The number of ether oxygens (including phenoxy) is 1. The Morgan fingerprint density at radius 2 is 2.04 bits per heavy atom. The largest absolute Gasteiger partial charge is 0.508 e. The van der Waals surface area contributed by atoms with Crippen molar-refractivity contribution in [3.05, 3.63) is 69.6 Å². The van der Waals surface area contributed by atoms with Crippen molar-refractivity contribution in [1.82, 2.24) is 5.32 Å². The van der Waals surface area contributed by atoms with Crippen LogP contribution in [0, 0.1) is 6.92 Å². The quantitative estimate of drug-likeness (QED) is 0.654. The first-order valence-electron chi connectivity index (χ1n) is 8.63. The number of hydrogen-bond acceptors (Lipinski definition) is 5. The number of phenols is 1. The second-order valence-corrected chi connectivity index (χ2v) is 6.30. The fraction of sp³-hybridized carbons (Fsp3) is 0.238. The highest BCUT2D eigenvalue weighted by atomic mass is 16.5. The van der Waals surface area contributed by atoms with Crippen LogP contribution in [-0.4, -0.2) is 24.7 Å². The van der Waals surface area contributed by atoms with Crippen LogP contribution in [0.1, 0.15) is 16.7 Å². The van der Waals surface area contributed by atoms with Crippen LogP contribution in [0.25, 0.3) is 11.0 Å². The lowest BCUT2D eigenvalue weighted by Crippen LogP contribution is -2.29. The molecule has 0 bridgehead atoms. The highest BCUT2D eigenvalue weighted by Crippen LogP contribution is 2.23. The van der Waals surface area contributed by atoms with Crippen molar-refractivity contribution in [2.45, 2.75) is 19.8 Å². The number of carbonyl (C=O) groups excluding carboxylic acids is 1. The Balaban J connectivity index is 1.67. The summed E-state index contributed by atoms with van der Waals surface area (Å²) in [5.41, 5.74) is 1.81. The molecule has 0 aliphatic heterocycles. The van der Waals surface area contributed by atoms with E-state index in [-0.39, 0.29) is 18.1 Å². The molecule has 2 N–H and O–H groups in total. The van der Waals surface area contributed by atoms with Gasteiger partial charge in [-0.15, -0.1) is 0 Å². The molecule has 140 valence electrons. The van der Waals surface area contributed by atoms with Gasteiger partial charge in [-0.05, 0) is 48.7 Å². The molecule has 2 aromatic carbocycles. The number of rotatable bonds is 6. The first-order chi connectivity index (χ1) is 13.0. The number of benzene rings is 2. The molecule has 27 heavy (non-hydrogen) atoms. The minimum atomic E-state index is -0.562. The molecule has 3 aromatic rings. The predicted octanol–water partition coefficient (Wildman–Crippen LogP) is 2.72. The number of methoxy groups -OCH3 is 1. The van der Waals surface area contributed by atoms with Crippen molar-refractivity contribution in [2.75, 3.05) is 13.7 Å². The maximum atomic E-state index is 12.3. The number of aryl methyl sites for hydroxylation is 1. The van der Waals surface area contributed by atoms with Crippen molar-refractivity contribution < 1.29 is 19.1 Å². The van der Waals surface area contributed by atoms with Crippen molar-refractivity contribution in [3.63, 3.8) is 0 Å². The molecule has 0 unspecified atom stereocenters. The number of aromatic hydroxyl groups is 1. The van der Waals surface area contributed by atoms with Gasteiger partial charge in [-0.1, -0.05) is 12.1 Å². The molecule has 0 fully saturated rings. The zero-order valence-electron chi connectivity index (χ0n) is 15.2. The molecule has 6 heteroatoms. The Kier molecular flexibility index (Phi) is 5.45. The van der Waals surface area contributed by atoms with E-state index in [0.29, 0.717) is 35.1 Å². The Labute approximate surface area is 156 Å². The second kappa shape index (κ2) is 7.95. The topological polar surface area (TPSA) is 88.8 Å². The number of fused-ring (bicyclic) bond motifs is 1. The molecule has 6 nitrogen and oxygen atoms in total. The fourth-order valence-electron chi connectivity index (χ4n) is 2.98. The highest BCUT2D eigenvalue weighted by molar-refractivity contribution is 5.85. The first kappa shape index (κ1) is 18.5. The smallest absolute Gasteiger partial charge is 0.340 e. The van der Waals surface area contributed by atoms with E-state index in [2.05, 4.69) is 5.32 Å². The molecular formula is C21H21NO5. The Morgan fingerprint density at radius 3 is 2.81 bits per heavy atom. The van der Waals surface area contributed by atoms with Gasteiger partial charge in [0.1, 0.15) is 17.1 Å². The average molecular weight is 367 g/mol. The van der Waals surface area contributed by atoms with E-state index in [1.807, 2.05) is 24.3 Å². The normalized spacial score (nSPS) is 10.7. The molecule has 0 aliphatic carbocycles. The summed E-state index contributed by atoms with van der Waals surface area (Å²) in [4.78, 5) is 24.5. The van der Waals surface area contributed by atoms with Gasteiger partial charge in [-0.3, -0.25) is 4.79 Å². The van der Waals surface area contributed by atoms with E-state index in [0.717, 1.165) is 11.3 Å². The average Bonchev–Trinajstić information content (AvgIpc) is 2.65. The number of amides is 1. The summed E-state index contributed by atoms with van der Waals surface area (Å²) in [5.74, 6) is 0.550. The fourth-order valence-corrected chi connectivity index (χ4v) is 2.98. The maximum Gasteiger partial charge on any atom is 0.340 e. The molecular weight excluding hydrogens is 346 g/mol. The third-order valence-corrected chi connectivity index (χ3v) is 4.48. The van der Waals surface area contributed by atoms with Crippen molar-refractivity contribution in [1.29, 1.82) is 0 Å². The highest BCUT2D eigenvalue weighted by Gasteiger charge is 2.15. The lowest BCUT2D eigenvalue weighted by Gasteiger charge is -2.09. The Bertz CT molecular complexity index is 1040. The molecule has 1 aromatic heterocycles. The lowest BCUT2D eigenvalue weighted by molar-refractivity contribution is -0.120. The van der Waals surface area contributed by atoms with Crippen LogP contribution in [-0.2, 0) is 17.6 Å². The third kappa shape index (κ3) is 4.28. The van der Waals surface area contributed by atoms with Gasteiger partial charge in [0.15, 0.2) is 0 Å². The second-order valence-electron chi connectivity index (χ2n) is 6.30. The van der Waals surface area contributed by atoms with Crippen molar-refractivity contribution in [3.8, 4) is 11.5 Å². The molecule has 3 rings (SSSR count). The van der Waals surface area contributed by atoms with Gasteiger partial charge in [-0.2, -0.15) is 0 Å². The van der Waals surface area contributed by atoms with Gasteiger partial charge >= 0.3 is 5.63 Å². The number of carbonyl (C=O) groups is 1. The summed E-state index contributed by atoms with van der Waals surface area (Å²) >= 11 is 0. The van der Waals surface area contributed by atoms with Crippen LogP contribution < -0.4 is 15.7 Å². The van der Waals surface area contributed by atoms with E-state index < -0.39 is 5.63 Å². The van der Waals surface area contributed by atoms with Gasteiger partial charge in [-0.25, -0.2) is 4.79 Å². The molecule has 0 atom stereocenters. The first-order valence-corrected chi connectivity index (χ1v) is 8.63. The number of nitrogens with one attached hydrogen (secondary N) is 1. The van der Waals surface area contributed by atoms with Crippen LogP contribution in [0.4, 0.5) is 0 Å². The van der Waals surface area contributed by atoms with Gasteiger partial charge in [0.05, 0.1) is 19.1 Å². The molecule has 0 saturated carbocycles. The molecule has 1 amide bonds. The molecule has 0 spiro atoms. The number of phenolic OH excluding ortho intramolecular Hbond substituents is 1. The monoisotopic (exact) mass is 367 g/mol. The summed E-state index contributed by atoms with van der Waals surface area (Å²) < 4.78 is 10.4. The summed E-state index contributed by atoms with van der Waals surface area (Å²) in [6.45, 7) is 2.23. The molecule has 1 heterocycles. The standard InChI is InChI=1S/C21H21NO5/c1-13-17-7-6-15(23)11-19(17)27-21(25)18(13)12-20(24)22-9-8-14-4-3-5-16(10-14)26-2/h3-7,10-11,23H,8-9,12H2,1-2H3,(H,22,24). The zero-order valence-corrected chi connectivity index (χ0v) is 15.2. The van der Waals surface area contributed by atoms with Crippen molar-refractivity contribution in [2.24, 2.45) is 0 Å². The van der Waals surface area contributed by atoms with Crippen LogP contribution in [0.15, 0.2) is 51.7 Å². The number of hydrogen-bond donors (Lipinski definition) is 2.